The summed E-state index contributed by atoms with van der Waals surface area (Å²) in [7, 11) is 4.10. The minimum absolute atomic E-state index is 0.345. The van der Waals surface area contributed by atoms with Gasteiger partial charge in [0, 0.05) is 42.4 Å². The first-order valence-corrected chi connectivity index (χ1v) is 12.2. The Bertz CT molecular complexity index is 1310. The van der Waals surface area contributed by atoms with Gasteiger partial charge in [-0.25, -0.2) is 9.97 Å². The van der Waals surface area contributed by atoms with Gasteiger partial charge in [0.1, 0.15) is 30.3 Å². The SMILES string of the molecule is CN(C)C/C=C/CNc1cccc(Nc2cc(Nc3ccc(OCc4ccccn4)c(Cl)c3)ncn2)c1. The molecule has 2 heterocycles. The van der Waals surface area contributed by atoms with Crippen LogP contribution in [0.2, 0.25) is 5.02 Å². The van der Waals surface area contributed by atoms with Gasteiger partial charge in [-0.1, -0.05) is 35.9 Å². The molecular formula is C28H30ClN7O. The summed E-state index contributed by atoms with van der Waals surface area (Å²) in [5.41, 5.74) is 3.56. The molecule has 0 aliphatic heterocycles. The largest absolute Gasteiger partial charge is 0.486 e. The van der Waals surface area contributed by atoms with Crippen LogP contribution in [0.5, 0.6) is 5.75 Å². The molecule has 0 aliphatic carbocycles. The van der Waals surface area contributed by atoms with Gasteiger partial charge >= 0.3 is 0 Å². The molecule has 0 saturated heterocycles. The molecule has 9 heteroatoms. The lowest BCUT2D eigenvalue weighted by Gasteiger charge is -2.12. The molecule has 2 aromatic carbocycles. The maximum atomic E-state index is 6.44. The van der Waals surface area contributed by atoms with Gasteiger partial charge in [0.2, 0.25) is 0 Å². The summed E-state index contributed by atoms with van der Waals surface area (Å²) in [5.74, 6) is 1.89. The van der Waals surface area contributed by atoms with Crippen molar-refractivity contribution >= 4 is 40.3 Å². The Labute approximate surface area is 222 Å². The summed E-state index contributed by atoms with van der Waals surface area (Å²) < 4.78 is 5.80. The van der Waals surface area contributed by atoms with E-state index >= 15 is 0 Å². The number of aromatic nitrogens is 3. The van der Waals surface area contributed by atoms with Gasteiger partial charge in [-0.15, -0.1) is 0 Å². The van der Waals surface area contributed by atoms with Gasteiger partial charge in [0.05, 0.1) is 10.7 Å². The Balaban J connectivity index is 1.34. The van der Waals surface area contributed by atoms with Crippen molar-refractivity contribution in [3.8, 4) is 5.75 Å². The molecular weight excluding hydrogens is 486 g/mol. The zero-order valence-electron chi connectivity index (χ0n) is 20.9. The molecule has 0 spiro atoms. The highest BCUT2D eigenvalue weighted by atomic mass is 35.5. The lowest BCUT2D eigenvalue weighted by atomic mass is 10.2. The summed E-state index contributed by atoms with van der Waals surface area (Å²) in [6.45, 7) is 2.02. The summed E-state index contributed by atoms with van der Waals surface area (Å²) in [6, 6.07) is 21.1. The zero-order chi connectivity index (χ0) is 25.9. The fraction of sp³-hybridized carbons (Fsp3) is 0.179. The first kappa shape index (κ1) is 25.9. The van der Waals surface area contributed by atoms with Crippen molar-refractivity contribution in [2.75, 3.05) is 43.1 Å². The minimum Gasteiger partial charge on any atom is -0.486 e. The van der Waals surface area contributed by atoms with Gasteiger partial charge in [-0.05, 0) is 62.6 Å². The Morgan fingerprint density at radius 2 is 1.62 bits per heavy atom. The molecule has 37 heavy (non-hydrogen) atoms. The lowest BCUT2D eigenvalue weighted by Crippen LogP contribution is -2.10. The van der Waals surface area contributed by atoms with Crippen LogP contribution < -0.4 is 20.7 Å². The van der Waals surface area contributed by atoms with Crippen molar-refractivity contribution in [3.63, 3.8) is 0 Å². The van der Waals surface area contributed by atoms with Gasteiger partial charge in [0.15, 0.2) is 0 Å². The lowest BCUT2D eigenvalue weighted by molar-refractivity contribution is 0.301. The molecule has 0 amide bonds. The molecule has 0 atom stereocenters. The van der Waals surface area contributed by atoms with E-state index in [4.69, 9.17) is 16.3 Å². The van der Waals surface area contributed by atoms with Crippen LogP contribution in [0.1, 0.15) is 5.69 Å². The van der Waals surface area contributed by atoms with Crippen LogP contribution in [0.3, 0.4) is 0 Å². The molecule has 8 nitrogen and oxygen atoms in total. The van der Waals surface area contributed by atoms with Crippen molar-refractivity contribution in [2.45, 2.75) is 6.61 Å². The molecule has 0 saturated carbocycles. The van der Waals surface area contributed by atoms with Crippen LogP contribution in [-0.4, -0.2) is 47.0 Å². The summed E-state index contributed by atoms with van der Waals surface area (Å²) in [4.78, 5) is 15.0. The molecule has 0 radical (unpaired) electrons. The highest BCUT2D eigenvalue weighted by Crippen LogP contribution is 2.30. The second-order valence-electron chi connectivity index (χ2n) is 8.49. The highest BCUT2D eigenvalue weighted by molar-refractivity contribution is 6.32. The molecule has 4 rings (SSSR count). The normalized spacial score (nSPS) is 11.0. The van der Waals surface area contributed by atoms with E-state index in [1.165, 1.54) is 6.33 Å². The number of nitrogens with one attached hydrogen (secondary N) is 3. The third kappa shape index (κ3) is 8.49. The van der Waals surface area contributed by atoms with E-state index in [2.05, 4.69) is 48.0 Å². The molecule has 0 bridgehead atoms. The van der Waals surface area contributed by atoms with E-state index < -0.39 is 0 Å². The summed E-state index contributed by atoms with van der Waals surface area (Å²) in [5, 5.41) is 10.5. The molecule has 3 N–H and O–H groups in total. The number of ether oxygens (including phenoxy) is 1. The Hall–Kier alpha value is -4.14. The van der Waals surface area contributed by atoms with Crippen molar-refractivity contribution in [3.05, 3.63) is 102 Å². The number of nitrogens with zero attached hydrogens (tertiary/aromatic N) is 4. The van der Waals surface area contributed by atoms with Crippen LogP contribution >= 0.6 is 11.6 Å². The summed E-state index contributed by atoms with van der Waals surface area (Å²) in [6.07, 6.45) is 7.50. The molecule has 4 aromatic rings. The van der Waals surface area contributed by atoms with Crippen molar-refractivity contribution in [1.29, 1.82) is 0 Å². The molecule has 190 valence electrons. The molecule has 0 fully saturated rings. The highest BCUT2D eigenvalue weighted by Gasteiger charge is 2.06. The predicted octanol–water partition coefficient (Wildman–Crippen LogP) is 6.12. The third-order valence-corrected chi connectivity index (χ3v) is 5.46. The van der Waals surface area contributed by atoms with E-state index in [1.807, 2.05) is 74.8 Å². The van der Waals surface area contributed by atoms with Crippen LogP contribution in [0.4, 0.5) is 28.7 Å². The number of halogens is 1. The van der Waals surface area contributed by atoms with Crippen molar-refractivity contribution in [2.24, 2.45) is 0 Å². The first-order chi connectivity index (χ1) is 18.0. The van der Waals surface area contributed by atoms with Crippen molar-refractivity contribution in [1.82, 2.24) is 19.9 Å². The van der Waals surface area contributed by atoms with E-state index in [9.17, 15) is 0 Å². The number of benzene rings is 2. The van der Waals surface area contributed by atoms with Crippen molar-refractivity contribution < 1.29 is 4.74 Å². The van der Waals surface area contributed by atoms with Gasteiger partial charge in [-0.3, -0.25) is 4.98 Å². The average Bonchev–Trinajstić information content (AvgIpc) is 2.89. The number of anilines is 5. The van der Waals surface area contributed by atoms with Gasteiger partial charge in [-0.2, -0.15) is 0 Å². The third-order valence-electron chi connectivity index (χ3n) is 5.17. The predicted molar refractivity (Wildman–Crippen MR) is 151 cm³/mol. The van der Waals surface area contributed by atoms with E-state index in [1.54, 1.807) is 12.3 Å². The first-order valence-electron chi connectivity index (χ1n) is 11.9. The van der Waals surface area contributed by atoms with Crippen LogP contribution in [0, 0.1) is 0 Å². The number of pyridine rings is 1. The number of hydrogen-bond donors (Lipinski definition) is 3. The Kier molecular flexibility index (Phi) is 9.29. The summed E-state index contributed by atoms with van der Waals surface area (Å²) >= 11 is 6.44. The standard InChI is InChI=1S/C28H30ClN7O/c1-36(2)15-6-5-14-30-21-9-7-10-22(16-21)34-27-18-28(33-20-32-27)35-23-11-12-26(25(29)17-23)37-19-24-8-3-4-13-31-24/h3-13,16-18,20,30H,14-15,19H2,1-2H3,(H2,32,33,34,35)/b6-5+. The monoisotopic (exact) mass is 515 g/mol. The molecule has 0 unspecified atom stereocenters. The number of rotatable bonds is 12. The van der Waals surface area contributed by atoms with Gasteiger partial charge in [0.25, 0.3) is 0 Å². The molecule has 0 aliphatic rings. The number of likely N-dealkylation sites (N-methyl/N-ethyl adjacent to an activating group) is 1. The zero-order valence-corrected chi connectivity index (χ0v) is 21.6. The fourth-order valence-corrected chi connectivity index (χ4v) is 3.61. The fourth-order valence-electron chi connectivity index (χ4n) is 3.37. The van der Waals surface area contributed by atoms with E-state index in [0.29, 0.717) is 29.0 Å². The smallest absolute Gasteiger partial charge is 0.138 e. The number of hydrogen-bond acceptors (Lipinski definition) is 8. The second-order valence-corrected chi connectivity index (χ2v) is 8.90. The second kappa shape index (κ2) is 13.2. The van der Waals surface area contributed by atoms with Gasteiger partial charge < -0.3 is 25.6 Å². The van der Waals surface area contributed by atoms with E-state index in [0.717, 1.165) is 35.8 Å². The topological polar surface area (TPSA) is 87.2 Å². The molecule has 2 aromatic heterocycles. The average molecular weight is 516 g/mol. The van der Waals surface area contributed by atoms with Crippen LogP contribution in [0.15, 0.2) is 91.4 Å². The quantitative estimate of drug-likeness (QED) is 0.194. The van der Waals surface area contributed by atoms with Crippen LogP contribution in [-0.2, 0) is 6.61 Å². The Morgan fingerprint density at radius 1 is 0.838 bits per heavy atom. The minimum atomic E-state index is 0.345. The van der Waals surface area contributed by atoms with Crippen LogP contribution in [0.25, 0.3) is 0 Å². The maximum Gasteiger partial charge on any atom is 0.138 e. The van der Waals surface area contributed by atoms with E-state index in [-0.39, 0.29) is 0 Å². The Morgan fingerprint density at radius 3 is 2.35 bits per heavy atom. The maximum absolute atomic E-state index is 6.44.